The van der Waals surface area contributed by atoms with Crippen LogP contribution >= 0.6 is 0 Å². The van der Waals surface area contributed by atoms with Crippen LogP contribution < -0.4 is 4.72 Å². The Morgan fingerprint density at radius 1 is 1.65 bits per heavy atom. The molecule has 0 aliphatic heterocycles. The highest BCUT2D eigenvalue weighted by molar-refractivity contribution is 7.92. The summed E-state index contributed by atoms with van der Waals surface area (Å²) in [5.74, 6) is -1.36. The molecule has 0 saturated carbocycles. The molecule has 1 rings (SSSR count). The molecule has 0 amide bonds. The first-order chi connectivity index (χ1) is 7.94. The molecule has 0 aliphatic rings. The first kappa shape index (κ1) is 13.5. The Kier molecular flexibility index (Phi) is 4.46. The SMILES string of the molecule is COCCCS(=O)(=O)Nc1cc(C(=O)O)[nH]n1. The minimum absolute atomic E-state index is 0.0418. The van der Waals surface area contributed by atoms with E-state index in [2.05, 4.69) is 14.9 Å². The summed E-state index contributed by atoms with van der Waals surface area (Å²) < 4.78 is 29.9. The number of nitrogens with one attached hydrogen (secondary N) is 2. The number of methoxy groups -OCH3 is 1. The topological polar surface area (TPSA) is 121 Å². The van der Waals surface area contributed by atoms with Crippen molar-refractivity contribution in [2.75, 3.05) is 24.2 Å². The van der Waals surface area contributed by atoms with Crippen LogP contribution in [0.15, 0.2) is 6.07 Å². The Morgan fingerprint density at radius 2 is 2.35 bits per heavy atom. The third-order valence-corrected chi connectivity index (χ3v) is 3.18. The number of anilines is 1. The highest BCUT2D eigenvalue weighted by atomic mass is 32.2. The molecule has 8 nitrogen and oxygen atoms in total. The lowest BCUT2D eigenvalue weighted by Crippen LogP contribution is -2.18. The van der Waals surface area contributed by atoms with Crippen molar-refractivity contribution in [3.63, 3.8) is 0 Å². The van der Waals surface area contributed by atoms with E-state index in [-0.39, 0.29) is 17.3 Å². The summed E-state index contributed by atoms with van der Waals surface area (Å²) in [5, 5.41) is 14.3. The minimum atomic E-state index is -3.52. The van der Waals surface area contributed by atoms with E-state index in [9.17, 15) is 13.2 Å². The van der Waals surface area contributed by atoms with Gasteiger partial charge in [0.15, 0.2) is 5.82 Å². The molecule has 3 N–H and O–H groups in total. The fourth-order valence-electron chi connectivity index (χ4n) is 1.09. The summed E-state index contributed by atoms with van der Waals surface area (Å²) in [4.78, 5) is 10.5. The van der Waals surface area contributed by atoms with E-state index in [4.69, 9.17) is 9.84 Å². The maximum absolute atomic E-state index is 11.5. The molecule has 0 atom stereocenters. The van der Waals surface area contributed by atoms with Gasteiger partial charge in [0.1, 0.15) is 5.69 Å². The van der Waals surface area contributed by atoms with Crippen molar-refractivity contribution in [3.8, 4) is 0 Å². The third kappa shape index (κ3) is 4.41. The molecule has 0 aliphatic carbocycles. The second-order valence-electron chi connectivity index (χ2n) is 3.24. The van der Waals surface area contributed by atoms with Gasteiger partial charge in [-0.2, -0.15) is 5.10 Å². The van der Waals surface area contributed by atoms with Gasteiger partial charge in [0.2, 0.25) is 10.0 Å². The van der Waals surface area contributed by atoms with Crippen molar-refractivity contribution < 1.29 is 23.1 Å². The van der Waals surface area contributed by atoms with Crippen molar-refractivity contribution in [2.45, 2.75) is 6.42 Å². The normalized spacial score (nSPS) is 11.4. The van der Waals surface area contributed by atoms with E-state index in [1.807, 2.05) is 0 Å². The molecule has 9 heteroatoms. The van der Waals surface area contributed by atoms with Crippen LogP contribution in [0, 0.1) is 0 Å². The summed E-state index contributed by atoms with van der Waals surface area (Å²) in [6.45, 7) is 0.335. The zero-order valence-electron chi connectivity index (χ0n) is 9.13. The lowest BCUT2D eigenvalue weighted by molar-refractivity contribution is 0.0690. The number of carboxylic acids is 1. The second kappa shape index (κ2) is 5.64. The first-order valence-electron chi connectivity index (χ1n) is 4.73. The molecule has 0 unspecified atom stereocenters. The van der Waals surface area contributed by atoms with Crippen LogP contribution in [0.3, 0.4) is 0 Å². The van der Waals surface area contributed by atoms with Crippen molar-refractivity contribution in [3.05, 3.63) is 11.8 Å². The molecule has 96 valence electrons. The summed E-state index contributed by atoms with van der Waals surface area (Å²) in [5.41, 5.74) is -0.181. The average Bonchev–Trinajstić information content (AvgIpc) is 2.65. The highest BCUT2D eigenvalue weighted by Crippen LogP contribution is 2.08. The second-order valence-corrected chi connectivity index (χ2v) is 5.08. The molecule has 1 aromatic rings. The van der Waals surface area contributed by atoms with Crippen LogP contribution in [0.4, 0.5) is 5.82 Å². The summed E-state index contributed by atoms with van der Waals surface area (Å²) in [6.07, 6.45) is 0.349. The fourth-order valence-corrected chi connectivity index (χ4v) is 2.11. The van der Waals surface area contributed by atoms with Crippen molar-refractivity contribution >= 4 is 21.8 Å². The molecule has 0 fully saturated rings. The zero-order chi connectivity index (χ0) is 12.9. The number of ether oxygens (including phenoxy) is 1. The number of aromatic nitrogens is 2. The highest BCUT2D eigenvalue weighted by Gasteiger charge is 2.14. The van der Waals surface area contributed by atoms with Crippen LogP contribution in [-0.4, -0.2) is 49.2 Å². The Balaban J connectivity index is 2.60. The maximum Gasteiger partial charge on any atom is 0.353 e. The van der Waals surface area contributed by atoms with E-state index < -0.39 is 16.0 Å². The van der Waals surface area contributed by atoms with E-state index in [0.29, 0.717) is 13.0 Å². The van der Waals surface area contributed by atoms with Gasteiger partial charge in [0, 0.05) is 19.8 Å². The van der Waals surface area contributed by atoms with Gasteiger partial charge in [-0.15, -0.1) is 0 Å². The predicted octanol–water partition coefficient (Wildman–Crippen LogP) is -0.114. The average molecular weight is 263 g/mol. The van der Waals surface area contributed by atoms with Crippen LogP contribution in [0.5, 0.6) is 0 Å². The molecule has 0 spiro atoms. The molecule has 1 heterocycles. The predicted molar refractivity (Wildman–Crippen MR) is 59.4 cm³/mol. The van der Waals surface area contributed by atoms with Crippen LogP contribution in [0.2, 0.25) is 0 Å². The number of hydrogen-bond donors (Lipinski definition) is 3. The maximum atomic E-state index is 11.5. The number of H-pyrrole nitrogens is 1. The minimum Gasteiger partial charge on any atom is -0.477 e. The van der Waals surface area contributed by atoms with Gasteiger partial charge < -0.3 is 9.84 Å². The molecule has 0 saturated heterocycles. The molecule has 0 bridgehead atoms. The molecule has 17 heavy (non-hydrogen) atoms. The van der Waals surface area contributed by atoms with E-state index in [0.717, 1.165) is 6.07 Å². The van der Waals surface area contributed by atoms with Gasteiger partial charge >= 0.3 is 5.97 Å². The number of carbonyl (C=O) groups is 1. The first-order valence-corrected chi connectivity index (χ1v) is 6.38. The van der Waals surface area contributed by atoms with Crippen molar-refractivity contribution in [2.24, 2.45) is 0 Å². The Bertz CT molecular complexity index is 481. The Morgan fingerprint density at radius 3 is 2.88 bits per heavy atom. The van der Waals surface area contributed by atoms with Crippen LogP contribution in [-0.2, 0) is 14.8 Å². The molecule has 0 radical (unpaired) electrons. The summed E-state index contributed by atoms with van der Waals surface area (Å²) >= 11 is 0. The van der Waals surface area contributed by atoms with Gasteiger partial charge in [-0.1, -0.05) is 0 Å². The molecular weight excluding hydrogens is 250 g/mol. The number of nitrogens with zero attached hydrogens (tertiary/aromatic N) is 1. The quantitative estimate of drug-likeness (QED) is 0.590. The number of aromatic amines is 1. The van der Waals surface area contributed by atoms with Gasteiger partial charge in [-0.3, -0.25) is 9.82 Å². The van der Waals surface area contributed by atoms with Gasteiger partial charge in [0.25, 0.3) is 0 Å². The Labute approximate surface area is 98.0 Å². The van der Waals surface area contributed by atoms with Crippen LogP contribution in [0.1, 0.15) is 16.9 Å². The number of sulfonamides is 1. The third-order valence-electron chi connectivity index (χ3n) is 1.83. The Hall–Kier alpha value is -1.61. The molecule has 0 aromatic carbocycles. The number of aromatic carboxylic acids is 1. The molecule has 1 aromatic heterocycles. The van der Waals surface area contributed by atoms with E-state index >= 15 is 0 Å². The number of hydrogen-bond acceptors (Lipinski definition) is 5. The summed E-state index contributed by atoms with van der Waals surface area (Å²) in [7, 11) is -2.05. The van der Waals surface area contributed by atoms with Crippen molar-refractivity contribution in [1.29, 1.82) is 0 Å². The number of carboxylic acid groups (broad SMARTS) is 1. The largest absolute Gasteiger partial charge is 0.477 e. The number of rotatable bonds is 7. The van der Waals surface area contributed by atoms with Gasteiger partial charge in [-0.25, -0.2) is 13.2 Å². The zero-order valence-corrected chi connectivity index (χ0v) is 9.95. The fraction of sp³-hybridized carbons (Fsp3) is 0.500. The van der Waals surface area contributed by atoms with E-state index in [1.165, 1.54) is 7.11 Å². The summed E-state index contributed by atoms with van der Waals surface area (Å²) in [6, 6.07) is 1.11. The lowest BCUT2D eigenvalue weighted by Gasteiger charge is -2.04. The molecular formula is C8H13N3O5S. The van der Waals surface area contributed by atoms with Crippen molar-refractivity contribution in [1.82, 2.24) is 10.2 Å². The van der Waals surface area contributed by atoms with Gasteiger partial charge in [0.05, 0.1) is 5.75 Å². The standard InChI is InChI=1S/C8H13N3O5S/c1-16-3-2-4-17(14,15)11-7-5-6(8(12)13)9-10-7/h5H,2-4H2,1H3,(H,12,13)(H2,9,10,11). The van der Waals surface area contributed by atoms with E-state index in [1.54, 1.807) is 0 Å². The monoisotopic (exact) mass is 263 g/mol. The van der Waals surface area contributed by atoms with Gasteiger partial charge in [-0.05, 0) is 6.42 Å². The van der Waals surface area contributed by atoms with Crippen LogP contribution in [0.25, 0.3) is 0 Å². The smallest absolute Gasteiger partial charge is 0.353 e. The lowest BCUT2D eigenvalue weighted by atomic mass is 10.4.